The summed E-state index contributed by atoms with van der Waals surface area (Å²) in [6.07, 6.45) is 0. The molecular weight excluding hydrogens is 232 g/mol. The number of aromatic carboxylic acids is 1. The monoisotopic (exact) mass is 242 g/mol. The molecule has 1 aromatic rings. The number of hydrogen-bond acceptors (Lipinski definition) is 1. The fourth-order valence-electron chi connectivity index (χ4n) is 1.12. The first-order valence-corrected chi connectivity index (χ1v) is 4.84. The summed E-state index contributed by atoms with van der Waals surface area (Å²) in [5.74, 6) is -0.553. The van der Waals surface area contributed by atoms with Gasteiger partial charge in [-0.25, -0.2) is 4.79 Å². The van der Waals surface area contributed by atoms with Crippen LogP contribution in [0.3, 0.4) is 0 Å². The fraction of sp³-hybridized carbons (Fsp3) is 0.300. The zero-order chi connectivity index (χ0) is 10.0. The molecule has 0 saturated heterocycles. The first-order chi connectivity index (χ1) is 6.02. The Kier molecular flexibility index (Phi) is 3.09. The molecule has 0 unspecified atom stereocenters. The Morgan fingerprint density at radius 1 is 1.46 bits per heavy atom. The van der Waals surface area contributed by atoms with Crippen molar-refractivity contribution in [3.8, 4) is 0 Å². The maximum atomic E-state index is 10.7. The standard InChI is InChI=1S/C10H11BrO2/c1-6(2)8-5-7(10(12)13)3-4-9(8)11/h3-6H,1-2H3,(H,12,13). The van der Waals surface area contributed by atoms with E-state index in [1.54, 1.807) is 18.2 Å². The van der Waals surface area contributed by atoms with Gasteiger partial charge in [-0.2, -0.15) is 0 Å². The number of carbonyl (C=O) groups is 1. The molecule has 0 spiro atoms. The van der Waals surface area contributed by atoms with Crippen LogP contribution in [0.15, 0.2) is 22.7 Å². The second kappa shape index (κ2) is 3.92. The van der Waals surface area contributed by atoms with Crippen LogP contribution in [-0.4, -0.2) is 11.1 Å². The minimum absolute atomic E-state index is 0.327. The summed E-state index contributed by atoms with van der Waals surface area (Å²) in [6, 6.07) is 5.08. The second-order valence-electron chi connectivity index (χ2n) is 3.20. The van der Waals surface area contributed by atoms with Crippen molar-refractivity contribution >= 4 is 21.9 Å². The molecule has 1 aromatic carbocycles. The summed E-state index contributed by atoms with van der Waals surface area (Å²) >= 11 is 3.39. The van der Waals surface area contributed by atoms with Gasteiger partial charge in [0.1, 0.15) is 0 Å². The quantitative estimate of drug-likeness (QED) is 0.865. The van der Waals surface area contributed by atoms with E-state index in [-0.39, 0.29) is 0 Å². The number of carboxylic acid groups (broad SMARTS) is 1. The predicted octanol–water partition coefficient (Wildman–Crippen LogP) is 3.27. The van der Waals surface area contributed by atoms with Crippen LogP contribution in [0.1, 0.15) is 35.7 Å². The van der Waals surface area contributed by atoms with E-state index in [0.717, 1.165) is 10.0 Å². The van der Waals surface area contributed by atoms with Crippen LogP contribution in [-0.2, 0) is 0 Å². The molecule has 2 nitrogen and oxygen atoms in total. The Hall–Kier alpha value is -0.830. The molecule has 13 heavy (non-hydrogen) atoms. The van der Waals surface area contributed by atoms with E-state index in [1.165, 1.54) is 0 Å². The Bertz CT molecular complexity index is 332. The lowest BCUT2D eigenvalue weighted by Crippen LogP contribution is -1.99. The smallest absolute Gasteiger partial charge is 0.335 e. The highest BCUT2D eigenvalue weighted by Crippen LogP contribution is 2.25. The summed E-state index contributed by atoms with van der Waals surface area (Å²) < 4.78 is 0.965. The Labute approximate surface area is 85.7 Å². The number of rotatable bonds is 2. The molecule has 0 aliphatic rings. The van der Waals surface area contributed by atoms with Crippen LogP contribution < -0.4 is 0 Å². The van der Waals surface area contributed by atoms with E-state index in [2.05, 4.69) is 15.9 Å². The third-order valence-electron chi connectivity index (χ3n) is 1.86. The Morgan fingerprint density at radius 2 is 2.08 bits per heavy atom. The number of benzene rings is 1. The maximum absolute atomic E-state index is 10.7. The van der Waals surface area contributed by atoms with Crippen LogP contribution in [0.25, 0.3) is 0 Å². The molecule has 0 fully saturated rings. The van der Waals surface area contributed by atoms with Crippen molar-refractivity contribution in [1.82, 2.24) is 0 Å². The van der Waals surface area contributed by atoms with Gasteiger partial charge in [0, 0.05) is 4.47 Å². The van der Waals surface area contributed by atoms with E-state index >= 15 is 0 Å². The summed E-state index contributed by atoms with van der Waals surface area (Å²) in [7, 11) is 0. The molecular formula is C10H11BrO2. The minimum Gasteiger partial charge on any atom is -0.478 e. The lowest BCUT2D eigenvalue weighted by Gasteiger charge is -2.08. The highest BCUT2D eigenvalue weighted by atomic mass is 79.9. The molecule has 0 aromatic heterocycles. The lowest BCUT2D eigenvalue weighted by atomic mass is 10.0. The van der Waals surface area contributed by atoms with Crippen molar-refractivity contribution < 1.29 is 9.90 Å². The van der Waals surface area contributed by atoms with Crippen molar-refractivity contribution in [2.75, 3.05) is 0 Å². The molecule has 0 saturated carbocycles. The molecule has 0 heterocycles. The van der Waals surface area contributed by atoms with Crippen molar-refractivity contribution in [2.24, 2.45) is 0 Å². The van der Waals surface area contributed by atoms with Gasteiger partial charge in [0.2, 0.25) is 0 Å². The highest BCUT2D eigenvalue weighted by Gasteiger charge is 2.08. The average Bonchev–Trinajstić information content (AvgIpc) is 2.04. The Balaban J connectivity index is 3.19. The topological polar surface area (TPSA) is 37.3 Å². The van der Waals surface area contributed by atoms with Crippen LogP contribution >= 0.6 is 15.9 Å². The van der Waals surface area contributed by atoms with Crippen LogP contribution in [0, 0.1) is 0 Å². The molecule has 3 heteroatoms. The molecule has 0 radical (unpaired) electrons. The minimum atomic E-state index is -0.880. The summed E-state index contributed by atoms with van der Waals surface area (Å²) in [5, 5.41) is 8.77. The van der Waals surface area contributed by atoms with E-state index < -0.39 is 5.97 Å². The maximum Gasteiger partial charge on any atom is 0.335 e. The highest BCUT2D eigenvalue weighted by molar-refractivity contribution is 9.10. The molecule has 0 aliphatic heterocycles. The SMILES string of the molecule is CC(C)c1cc(C(=O)O)ccc1Br. The number of halogens is 1. The Morgan fingerprint density at radius 3 is 2.54 bits per heavy atom. The van der Waals surface area contributed by atoms with E-state index in [9.17, 15) is 4.79 Å². The van der Waals surface area contributed by atoms with Crippen molar-refractivity contribution in [3.05, 3.63) is 33.8 Å². The van der Waals surface area contributed by atoms with Gasteiger partial charge in [0.15, 0.2) is 0 Å². The molecule has 1 rings (SSSR count). The molecule has 0 atom stereocenters. The van der Waals surface area contributed by atoms with Crippen molar-refractivity contribution in [2.45, 2.75) is 19.8 Å². The van der Waals surface area contributed by atoms with Gasteiger partial charge < -0.3 is 5.11 Å². The van der Waals surface area contributed by atoms with Gasteiger partial charge >= 0.3 is 5.97 Å². The molecule has 0 bridgehead atoms. The van der Waals surface area contributed by atoms with Gasteiger partial charge in [-0.1, -0.05) is 29.8 Å². The number of hydrogen-bond donors (Lipinski definition) is 1. The van der Waals surface area contributed by atoms with Crippen molar-refractivity contribution in [3.63, 3.8) is 0 Å². The largest absolute Gasteiger partial charge is 0.478 e. The van der Waals surface area contributed by atoms with Gasteiger partial charge in [-0.05, 0) is 29.7 Å². The lowest BCUT2D eigenvalue weighted by molar-refractivity contribution is 0.0697. The first-order valence-electron chi connectivity index (χ1n) is 4.05. The van der Waals surface area contributed by atoms with Gasteiger partial charge in [-0.3, -0.25) is 0 Å². The van der Waals surface area contributed by atoms with Crippen LogP contribution in [0.5, 0.6) is 0 Å². The zero-order valence-corrected chi connectivity index (χ0v) is 9.13. The second-order valence-corrected chi connectivity index (χ2v) is 4.05. The molecule has 0 amide bonds. The van der Waals surface area contributed by atoms with Crippen LogP contribution in [0.2, 0.25) is 0 Å². The third kappa shape index (κ3) is 2.31. The van der Waals surface area contributed by atoms with E-state index in [0.29, 0.717) is 11.5 Å². The van der Waals surface area contributed by atoms with Gasteiger partial charge in [0.25, 0.3) is 0 Å². The fourth-order valence-corrected chi connectivity index (χ4v) is 1.82. The normalized spacial score (nSPS) is 10.5. The predicted molar refractivity (Wildman–Crippen MR) is 55.2 cm³/mol. The van der Waals surface area contributed by atoms with E-state index in [4.69, 9.17) is 5.11 Å². The molecule has 1 N–H and O–H groups in total. The molecule has 0 aliphatic carbocycles. The summed E-state index contributed by atoms with van der Waals surface area (Å²) in [5.41, 5.74) is 1.37. The number of carboxylic acids is 1. The van der Waals surface area contributed by atoms with Gasteiger partial charge in [0.05, 0.1) is 5.56 Å². The summed E-state index contributed by atoms with van der Waals surface area (Å²) in [6.45, 7) is 4.07. The summed E-state index contributed by atoms with van der Waals surface area (Å²) in [4.78, 5) is 10.7. The third-order valence-corrected chi connectivity index (χ3v) is 2.59. The van der Waals surface area contributed by atoms with E-state index in [1.807, 2.05) is 13.8 Å². The molecule has 70 valence electrons. The van der Waals surface area contributed by atoms with Crippen molar-refractivity contribution in [1.29, 1.82) is 0 Å². The van der Waals surface area contributed by atoms with Gasteiger partial charge in [-0.15, -0.1) is 0 Å². The first kappa shape index (κ1) is 10.3. The average molecular weight is 243 g/mol. The zero-order valence-electron chi connectivity index (χ0n) is 7.54. The van der Waals surface area contributed by atoms with Crippen LogP contribution in [0.4, 0.5) is 0 Å².